The fourth-order valence-electron chi connectivity index (χ4n) is 1.33. The van der Waals surface area contributed by atoms with Crippen LogP contribution in [0.1, 0.15) is 22.2 Å². The van der Waals surface area contributed by atoms with Gasteiger partial charge in [-0.25, -0.2) is 4.79 Å². The molecule has 0 saturated heterocycles. The summed E-state index contributed by atoms with van der Waals surface area (Å²) in [7, 11) is 0. The molecule has 2 N–H and O–H groups in total. The fraction of sp³-hybridized carbons (Fsp3) is 0.111. The molecule has 1 aromatic carbocycles. The Morgan fingerprint density at radius 1 is 1.33 bits per heavy atom. The van der Waals surface area contributed by atoms with Crippen LogP contribution in [0.3, 0.4) is 0 Å². The predicted octanol–water partition coefficient (Wildman–Crippen LogP) is -1.01. The molecular formula is C9H5O6-. The van der Waals surface area contributed by atoms with Crippen molar-refractivity contribution >= 4 is 5.97 Å². The van der Waals surface area contributed by atoms with Gasteiger partial charge in [-0.3, -0.25) is 4.79 Å². The molecule has 0 bridgehead atoms. The first-order valence-corrected chi connectivity index (χ1v) is 3.98. The van der Waals surface area contributed by atoms with Crippen LogP contribution in [0.15, 0.2) is 16.9 Å². The van der Waals surface area contributed by atoms with Gasteiger partial charge in [0.25, 0.3) is 0 Å². The van der Waals surface area contributed by atoms with Crippen LogP contribution in [0.2, 0.25) is 0 Å². The minimum absolute atomic E-state index is 0.213. The molecule has 0 amide bonds. The Morgan fingerprint density at radius 3 is 2.67 bits per heavy atom. The number of carbonyl (C=O) groups is 1. The predicted molar refractivity (Wildman–Crippen MR) is 44.2 cm³/mol. The summed E-state index contributed by atoms with van der Waals surface area (Å²) in [5, 5.41) is 29.6. The maximum Gasteiger partial charge on any atom is 0.340 e. The Hall–Kier alpha value is -2.08. The van der Waals surface area contributed by atoms with E-state index < -0.39 is 34.8 Å². The first-order chi connectivity index (χ1) is 7.00. The highest BCUT2D eigenvalue weighted by Gasteiger charge is 2.30. The van der Waals surface area contributed by atoms with Crippen molar-refractivity contribution in [3.8, 4) is 11.5 Å². The minimum atomic E-state index is -1.63. The molecular weight excluding hydrogens is 204 g/mol. The lowest BCUT2D eigenvalue weighted by molar-refractivity contribution is -0.268. The third kappa shape index (κ3) is 1.31. The van der Waals surface area contributed by atoms with Gasteiger partial charge in [0.2, 0.25) is 11.7 Å². The first-order valence-electron chi connectivity index (χ1n) is 3.98. The zero-order chi connectivity index (χ0) is 11.2. The van der Waals surface area contributed by atoms with Crippen LogP contribution < -0.4 is 10.5 Å². The van der Waals surface area contributed by atoms with Crippen molar-refractivity contribution in [1.29, 1.82) is 0 Å². The van der Waals surface area contributed by atoms with E-state index in [1.54, 1.807) is 0 Å². The van der Waals surface area contributed by atoms with Gasteiger partial charge in [0.15, 0.2) is 5.75 Å². The summed E-state index contributed by atoms with van der Waals surface area (Å²) in [6.45, 7) is 0. The van der Waals surface area contributed by atoms with Gasteiger partial charge in [-0.15, -0.1) is 0 Å². The van der Waals surface area contributed by atoms with E-state index in [1.165, 1.54) is 0 Å². The van der Waals surface area contributed by atoms with Crippen molar-refractivity contribution in [1.82, 2.24) is 0 Å². The van der Waals surface area contributed by atoms with Gasteiger partial charge in [-0.05, 0) is 12.1 Å². The maximum absolute atomic E-state index is 11.3. The zero-order valence-electron chi connectivity index (χ0n) is 7.26. The molecule has 6 heteroatoms. The second kappa shape index (κ2) is 2.96. The molecule has 2 rings (SSSR count). The van der Waals surface area contributed by atoms with Crippen molar-refractivity contribution in [2.45, 2.75) is 6.29 Å². The molecule has 1 heterocycles. The molecule has 1 aliphatic heterocycles. The molecule has 78 valence electrons. The van der Waals surface area contributed by atoms with E-state index in [9.17, 15) is 19.8 Å². The van der Waals surface area contributed by atoms with Crippen LogP contribution in [-0.2, 0) is 4.74 Å². The topological polar surface area (TPSA) is 107 Å². The lowest BCUT2D eigenvalue weighted by Gasteiger charge is -2.03. The first kappa shape index (κ1) is 9.47. The highest BCUT2D eigenvalue weighted by molar-refractivity contribution is 5.96. The van der Waals surface area contributed by atoms with E-state index in [4.69, 9.17) is 5.11 Å². The summed E-state index contributed by atoms with van der Waals surface area (Å²) < 4.78 is 4.35. The molecule has 0 aliphatic carbocycles. The van der Waals surface area contributed by atoms with Crippen molar-refractivity contribution in [2.24, 2.45) is 0 Å². The van der Waals surface area contributed by atoms with E-state index in [0.717, 1.165) is 6.07 Å². The number of ether oxygens (including phenoxy) is 1. The number of aliphatic hydroxyl groups is 1. The molecule has 1 unspecified atom stereocenters. The highest BCUT2D eigenvalue weighted by Crippen LogP contribution is 2.32. The second-order valence-electron chi connectivity index (χ2n) is 2.99. The molecule has 1 atom stereocenters. The van der Waals surface area contributed by atoms with Crippen molar-refractivity contribution in [2.75, 3.05) is 0 Å². The van der Waals surface area contributed by atoms with Crippen LogP contribution in [0.4, 0.5) is 0 Å². The second-order valence-corrected chi connectivity index (χ2v) is 2.99. The molecule has 0 radical (unpaired) electrons. The molecule has 0 spiro atoms. The third-order valence-electron chi connectivity index (χ3n) is 2.03. The SMILES string of the molecule is O=C1OC(O)c2cc(=O)c(O)cc([O-])c21. The number of carbonyl (C=O) groups excluding carboxylic acids is 1. The Balaban J connectivity index is 2.87. The molecule has 0 fully saturated rings. The zero-order valence-corrected chi connectivity index (χ0v) is 7.26. The van der Waals surface area contributed by atoms with Crippen LogP contribution >= 0.6 is 0 Å². The van der Waals surface area contributed by atoms with E-state index in [2.05, 4.69) is 4.74 Å². The lowest BCUT2D eigenvalue weighted by atomic mass is 10.1. The number of hydrogen-bond donors (Lipinski definition) is 2. The number of fused-ring (bicyclic) bond motifs is 1. The molecule has 1 aliphatic rings. The average Bonchev–Trinajstić information content (AvgIpc) is 2.34. The van der Waals surface area contributed by atoms with Crippen molar-refractivity contribution < 1.29 is 24.9 Å². The molecule has 0 saturated carbocycles. The number of aromatic hydroxyl groups is 1. The van der Waals surface area contributed by atoms with Crippen LogP contribution in [-0.4, -0.2) is 16.2 Å². The lowest BCUT2D eigenvalue weighted by Crippen LogP contribution is -2.01. The summed E-state index contributed by atoms with van der Waals surface area (Å²) in [6.07, 6.45) is -1.63. The fourth-order valence-corrected chi connectivity index (χ4v) is 1.33. The average molecular weight is 209 g/mol. The number of aliphatic hydroxyl groups excluding tert-OH is 1. The van der Waals surface area contributed by atoms with E-state index in [1.807, 2.05) is 0 Å². The van der Waals surface area contributed by atoms with Gasteiger partial charge in [0.05, 0.1) is 5.56 Å². The molecule has 6 nitrogen and oxygen atoms in total. The van der Waals surface area contributed by atoms with Crippen LogP contribution in [0, 0.1) is 0 Å². The van der Waals surface area contributed by atoms with Gasteiger partial charge < -0.3 is 20.1 Å². The number of hydrogen-bond acceptors (Lipinski definition) is 6. The summed E-state index contributed by atoms with van der Waals surface area (Å²) in [4.78, 5) is 22.2. The molecule has 15 heavy (non-hydrogen) atoms. The molecule has 1 aromatic rings. The van der Waals surface area contributed by atoms with Gasteiger partial charge >= 0.3 is 5.97 Å². The Morgan fingerprint density at radius 2 is 2.00 bits per heavy atom. The van der Waals surface area contributed by atoms with Gasteiger partial charge in [-0.2, -0.15) is 0 Å². The smallest absolute Gasteiger partial charge is 0.340 e. The normalized spacial score (nSPS) is 18.5. The van der Waals surface area contributed by atoms with E-state index in [0.29, 0.717) is 6.07 Å². The Kier molecular flexibility index (Phi) is 1.87. The number of rotatable bonds is 0. The van der Waals surface area contributed by atoms with Gasteiger partial charge in [-0.1, -0.05) is 5.75 Å². The van der Waals surface area contributed by atoms with E-state index in [-0.39, 0.29) is 5.56 Å². The van der Waals surface area contributed by atoms with E-state index >= 15 is 0 Å². The summed E-state index contributed by atoms with van der Waals surface area (Å²) >= 11 is 0. The number of esters is 1. The Labute approximate surface area is 83.0 Å². The highest BCUT2D eigenvalue weighted by atomic mass is 16.6. The van der Waals surface area contributed by atoms with Crippen LogP contribution in [0.5, 0.6) is 11.5 Å². The minimum Gasteiger partial charge on any atom is -0.872 e. The summed E-state index contributed by atoms with van der Waals surface area (Å²) in [5.41, 5.74) is -1.49. The van der Waals surface area contributed by atoms with Crippen molar-refractivity contribution in [3.63, 3.8) is 0 Å². The molecule has 0 aromatic heterocycles. The summed E-state index contributed by atoms with van der Waals surface area (Å²) in [6, 6.07) is 1.43. The number of cyclic esters (lactones) is 1. The largest absolute Gasteiger partial charge is 0.872 e. The van der Waals surface area contributed by atoms with Crippen LogP contribution in [0.25, 0.3) is 0 Å². The summed E-state index contributed by atoms with van der Waals surface area (Å²) in [5.74, 6) is -2.63. The standard InChI is InChI=1S/C9H6O6/c10-4-1-3-7(6(12)2-5(4)11)9(14)15-8(3)13/h1-2,8,12-13H,(H,10,11)/p-1. The van der Waals surface area contributed by atoms with Gasteiger partial charge in [0, 0.05) is 5.56 Å². The van der Waals surface area contributed by atoms with Crippen molar-refractivity contribution in [3.05, 3.63) is 33.5 Å². The third-order valence-corrected chi connectivity index (χ3v) is 2.03. The monoisotopic (exact) mass is 209 g/mol. The quantitative estimate of drug-likeness (QED) is 0.530. The Bertz CT molecular complexity index is 507. The van der Waals surface area contributed by atoms with Gasteiger partial charge in [0.1, 0.15) is 0 Å². The maximum atomic E-state index is 11.3.